The SMILES string of the molecule is O=c1ccc(-c2ccc(-c3ccccc3)cc2)cn1Cc1ccccc1. The van der Waals surface area contributed by atoms with Crippen LogP contribution < -0.4 is 5.56 Å². The van der Waals surface area contributed by atoms with Crippen LogP contribution in [-0.4, -0.2) is 4.57 Å². The second-order valence-corrected chi connectivity index (χ2v) is 6.31. The van der Waals surface area contributed by atoms with Gasteiger partial charge < -0.3 is 4.57 Å². The van der Waals surface area contributed by atoms with Crippen LogP contribution in [0.4, 0.5) is 0 Å². The van der Waals surface area contributed by atoms with E-state index in [0.717, 1.165) is 16.7 Å². The molecule has 0 aliphatic carbocycles. The summed E-state index contributed by atoms with van der Waals surface area (Å²) < 4.78 is 1.76. The summed E-state index contributed by atoms with van der Waals surface area (Å²) in [6, 6.07) is 32.4. The molecule has 3 aromatic carbocycles. The number of hydrogen-bond acceptors (Lipinski definition) is 1. The van der Waals surface area contributed by atoms with Crippen molar-refractivity contribution in [1.82, 2.24) is 4.57 Å². The van der Waals surface area contributed by atoms with Crippen LogP contribution in [0.3, 0.4) is 0 Å². The zero-order valence-electron chi connectivity index (χ0n) is 14.4. The van der Waals surface area contributed by atoms with Gasteiger partial charge in [-0.2, -0.15) is 0 Å². The molecule has 0 aliphatic heterocycles. The molecule has 0 spiro atoms. The third kappa shape index (κ3) is 3.50. The molecule has 0 aliphatic rings. The molecule has 0 bridgehead atoms. The van der Waals surface area contributed by atoms with Crippen molar-refractivity contribution in [3.05, 3.63) is 119 Å². The lowest BCUT2D eigenvalue weighted by molar-refractivity contribution is 0.761. The average molecular weight is 337 g/mol. The maximum atomic E-state index is 12.2. The van der Waals surface area contributed by atoms with E-state index in [9.17, 15) is 4.79 Å². The Hall–Kier alpha value is -3.39. The van der Waals surface area contributed by atoms with Gasteiger partial charge in [0.05, 0.1) is 6.54 Å². The Balaban J connectivity index is 1.64. The maximum absolute atomic E-state index is 12.2. The van der Waals surface area contributed by atoms with Crippen molar-refractivity contribution < 1.29 is 0 Å². The molecule has 0 amide bonds. The summed E-state index contributed by atoms with van der Waals surface area (Å²) in [6.07, 6.45) is 1.94. The van der Waals surface area contributed by atoms with Gasteiger partial charge in [-0.15, -0.1) is 0 Å². The zero-order valence-corrected chi connectivity index (χ0v) is 14.4. The van der Waals surface area contributed by atoms with Gasteiger partial charge in [0.25, 0.3) is 5.56 Å². The van der Waals surface area contributed by atoms with Crippen LogP contribution in [0.5, 0.6) is 0 Å². The van der Waals surface area contributed by atoms with Crippen LogP contribution in [0.15, 0.2) is 108 Å². The van der Waals surface area contributed by atoms with E-state index in [4.69, 9.17) is 0 Å². The van der Waals surface area contributed by atoms with Crippen molar-refractivity contribution in [3.8, 4) is 22.3 Å². The summed E-state index contributed by atoms with van der Waals surface area (Å²) in [5.41, 5.74) is 5.66. The number of nitrogens with zero attached hydrogens (tertiary/aromatic N) is 1. The molecule has 26 heavy (non-hydrogen) atoms. The van der Waals surface area contributed by atoms with Crippen LogP contribution in [0.25, 0.3) is 22.3 Å². The van der Waals surface area contributed by atoms with E-state index in [2.05, 4.69) is 36.4 Å². The lowest BCUT2D eigenvalue weighted by Crippen LogP contribution is -2.19. The van der Waals surface area contributed by atoms with Gasteiger partial charge in [-0.3, -0.25) is 4.79 Å². The molecular weight excluding hydrogens is 318 g/mol. The Morgan fingerprint density at radius 2 is 1.04 bits per heavy atom. The second kappa shape index (κ2) is 7.24. The molecule has 0 unspecified atom stereocenters. The average Bonchev–Trinajstić information content (AvgIpc) is 2.71. The molecule has 2 heteroatoms. The van der Waals surface area contributed by atoms with E-state index in [1.54, 1.807) is 10.6 Å². The van der Waals surface area contributed by atoms with Crippen molar-refractivity contribution in [1.29, 1.82) is 0 Å². The summed E-state index contributed by atoms with van der Waals surface area (Å²) in [5, 5.41) is 0. The number of aromatic nitrogens is 1. The third-order valence-electron chi connectivity index (χ3n) is 4.50. The Kier molecular flexibility index (Phi) is 4.48. The van der Waals surface area contributed by atoms with E-state index in [1.807, 2.05) is 60.8 Å². The molecule has 1 heterocycles. The highest BCUT2D eigenvalue weighted by Gasteiger charge is 2.04. The van der Waals surface area contributed by atoms with Crippen molar-refractivity contribution in [2.24, 2.45) is 0 Å². The third-order valence-corrected chi connectivity index (χ3v) is 4.50. The molecule has 0 radical (unpaired) electrons. The fourth-order valence-electron chi connectivity index (χ4n) is 3.09. The van der Waals surface area contributed by atoms with Gasteiger partial charge in [0.1, 0.15) is 0 Å². The molecule has 2 nitrogen and oxygen atoms in total. The van der Waals surface area contributed by atoms with E-state index in [-0.39, 0.29) is 5.56 Å². The molecule has 1 aromatic heterocycles. The minimum Gasteiger partial charge on any atom is -0.310 e. The van der Waals surface area contributed by atoms with Gasteiger partial charge in [0.2, 0.25) is 0 Å². The Bertz CT molecular complexity index is 1050. The quantitative estimate of drug-likeness (QED) is 0.500. The molecule has 0 saturated heterocycles. The smallest absolute Gasteiger partial charge is 0.250 e. The zero-order chi connectivity index (χ0) is 17.8. The summed E-state index contributed by atoms with van der Waals surface area (Å²) in [6.45, 7) is 0.579. The van der Waals surface area contributed by atoms with Gasteiger partial charge >= 0.3 is 0 Å². The van der Waals surface area contributed by atoms with Gasteiger partial charge in [0.15, 0.2) is 0 Å². The molecule has 126 valence electrons. The minimum absolute atomic E-state index is 0.0125. The first-order valence-corrected chi connectivity index (χ1v) is 8.70. The Morgan fingerprint density at radius 1 is 0.538 bits per heavy atom. The van der Waals surface area contributed by atoms with Gasteiger partial charge in [-0.05, 0) is 33.9 Å². The molecule has 4 rings (SSSR count). The molecule has 0 fully saturated rings. The topological polar surface area (TPSA) is 22.0 Å². The van der Waals surface area contributed by atoms with Crippen molar-refractivity contribution in [3.63, 3.8) is 0 Å². The molecule has 0 atom stereocenters. The fourth-order valence-corrected chi connectivity index (χ4v) is 3.09. The number of hydrogen-bond donors (Lipinski definition) is 0. The largest absolute Gasteiger partial charge is 0.310 e. The van der Waals surface area contributed by atoms with Gasteiger partial charge in [-0.1, -0.05) is 84.9 Å². The normalized spacial score (nSPS) is 10.6. The maximum Gasteiger partial charge on any atom is 0.250 e. The highest BCUT2D eigenvalue weighted by atomic mass is 16.1. The van der Waals surface area contributed by atoms with Gasteiger partial charge in [0, 0.05) is 12.3 Å². The van der Waals surface area contributed by atoms with Crippen LogP contribution in [0.2, 0.25) is 0 Å². The fraction of sp³-hybridized carbons (Fsp3) is 0.0417. The summed E-state index contributed by atoms with van der Waals surface area (Å²) >= 11 is 0. The summed E-state index contributed by atoms with van der Waals surface area (Å²) in [4.78, 5) is 12.2. The first-order chi connectivity index (χ1) is 12.8. The second-order valence-electron chi connectivity index (χ2n) is 6.31. The molecule has 0 saturated carbocycles. The van der Waals surface area contributed by atoms with Crippen LogP contribution in [0, 0.1) is 0 Å². The minimum atomic E-state index is 0.0125. The molecular formula is C24H19NO. The monoisotopic (exact) mass is 337 g/mol. The van der Waals surface area contributed by atoms with Crippen LogP contribution in [-0.2, 0) is 6.54 Å². The van der Waals surface area contributed by atoms with Crippen LogP contribution in [0.1, 0.15) is 5.56 Å². The van der Waals surface area contributed by atoms with Crippen molar-refractivity contribution in [2.75, 3.05) is 0 Å². The van der Waals surface area contributed by atoms with E-state index >= 15 is 0 Å². The first-order valence-electron chi connectivity index (χ1n) is 8.70. The van der Waals surface area contributed by atoms with Gasteiger partial charge in [-0.25, -0.2) is 0 Å². The Labute approximate surface area is 153 Å². The van der Waals surface area contributed by atoms with Crippen LogP contribution >= 0.6 is 0 Å². The lowest BCUT2D eigenvalue weighted by atomic mass is 10.0. The Morgan fingerprint density at radius 3 is 1.69 bits per heavy atom. The predicted molar refractivity (Wildman–Crippen MR) is 107 cm³/mol. The molecule has 0 N–H and O–H groups in total. The summed E-state index contributed by atoms with van der Waals surface area (Å²) in [7, 11) is 0. The predicted octanol–water partition coefficient (Wildman–Crippen LogP) is 5.23. The lowest BCUT2D eigenvalue weighted by Gasteiger charge is -2.09. The van der Waals surface area contributed by atoms with E-state index in [0.29, 0.717) is 6.54 Å². The number of pyridine rings is 1. The number of rotatable bonds is 4. The standard InChI is InChI=1S/C24H19NO/c26-24-16-15-23(18-25(24)17-19-7-3-1-4-8-19)22-13-11-21(12-14-22)20-9-5-2-6-10-20/h1-16,18H,17H2. The van der Waals surface area contributed by atoms with E-state index < -0.39 is 0 Å². The molecule has 4 aromatic rings. The van der Waals surface area contributed by atoms with E-state index in [1.165, 1.54) is 11.1 Å². The first kappa shape index (κ1) is 16.1. The highest BCUT2D eigenvalue weighted by Crippen LogP contribution is 2.24. The number of benzene rings is 3. The van der Waals surface area contributed by atoms with Crippen molar-refractivity contribution >= 4 is 0 Å². The van der Waals surface area contributed by atoms with Crippen molar-refractivity contribution in [2.45, 2.75) is 6.54 Å². The summed E-state index contributed by atoms with van der Waals surface area (Å²) in [5.74, 6) is 0. The highest BCUT2D eigenvalue weighted by molar-refractivity contribution is 5.69.